The van der Waals surface area contributed by atoms with E-state index in [9.17, 15) is 14.4 Å². The first-order valence-electron chi connectivity index (χ1n) is 8.69. The molecule has 0 saturated carbocycles. The number of hydrogen-bond donors (Lipinski definition) is 1. The molecule has 140 valence electrons. The fraction of sp³-hybridized carbons (Fsp3) is 0.500. The van der Waals surface area contributed by atoms with E-state index in [1.54, 1.807) is 24.1 Å². The first kappa shape index (κ1) is 18.2. The van der Waals surface area contributed by atoms with Crippen LogP contribution in [0.1, 0.15) is 18.4 Å². The van der Waals surface area contributed by atoms with Crippen molar-refractivity contribution in [3.63, 3.8) is 0 Å². The maximum Gasteiger partial charge on any atom is 0.325 e. The average Bonchev–Trinajstić information content (AvgIpc) is 2.95. The Morgan fingerprint density at radius 1 is 1.23 bits per heavy atom. The summed E-state index contributed by atoms with van der Waals surface area (Å²) in [5.74, 6) is 0.412. The number of imide groups is 1. The van der Waals surface area contributed by atoms with Crippen molar-refractivity contribution >= 4 is 17.8 Å². The van der Waals surface area contributed by atoms with Crippen LogP contribution in [0.2, 0.25) is 0 Å². The summed E-state index contributed by atoms with van der Waals surface area (Å²) in [5.41, 5.74) is 0.833. The number of morpholine rings is 1. The minimum absolute atomic E-state index is 0.0102. The summed E-state index contributed by atoms with van der Waals surface area (Å²) in [6.45, 7) is 2.43. The number of hydrogen-bond acceptors (Lipinski definition) is 5. The van der Waals surface area contributed by atoms with Gasteiger partial charge in [-0.2, -0.15) is 0 Å². The van der Waals surface area contributed by atoms with Gasteiger partial charge in [-0.1, -0.05) is 12.1 Å². The molecule has 0 aromatic heterocycles. The second-order valence-electron chi connectivity index (χ2n) is 6.31. The lowest BCUT2D eigenvalue weighted by Crippen LogP contribution is -2.41. The summed E-state index contributed by atoms with van der Waals surface area (Å²) in [5, 5.41) is 2.67. The van der Waals surface area contributed by atoms with E-state index in [2.05, 4.69) is 5.32 Å². The average molecular weight is 361 g/mol. The van der Waals surface area contributed by atoms with Crippen LogP contribution in [0.3, 0.4) is 0 Å². The van der Waals surface area contributed by atoms with Gasteiger partial charge in [0.15, 0.2) is 0 Å². The molecule has 4 amide bonds. The Morgan fingerprint density at radius 2 is 1.92 bits per heavy atom. The summed E-state index contributed by atoms with van der Waals surface area (Å²) in [6, 6.07) is 6.13. The zero-order chi connectivity index (χ0) is 18.5. The maximum absolute atomic E-state index is 12.5. The normalized spacial score (nSPS) is 20.3. The van der Waals surface area contributed by atoms with Gasteiger partial charge in [0.05, 0.1) is 26.9 Å². The number of ether oxygens (including phenoxy) is 2. The second kappa shape index (κ2) is 8.18. The van der Waals surface area contributed by atoms with Gasteiger partial charge in [-0.15, -0.1) is 0 Å². The number of benzene rings is 1. The van der Waals surface area contributed by atoms with E-state index < -0.39 is 12.1 Å². The zero-order valence-corrected chi connectivity index (χ0v) is 14.8. The smallest absolute Gasteiger partial charge is 0.325 e. The van der Waals surface area contributed by atoms with Crippen LogP contribution < -0.4 is 10.1 Å². The number of urea groups is 1. The summed E-state index contributed by atoms with van der Waals surface area (Å²) in [6.07, 6.45) is 0.535. The van der Waals surface area contributed by atoms with Crippen LogP contribution in [0, 0.1) is 0 Å². The fourth-order valence-electron chi connectivity index (χ4n) is 3.07. The van der Waals surface area contributed by atoms with Crippen LogP contribution in [0.4, 0.5) is 4.79 Å². The summed E-state index contributed by atoms with van der Waals surface area (Å²) in [4.78, 5) is 39.8. The molecule has 3 rings (SSSR count). The molecule has 2 aliphatic rings. The Labute approximate surface area is 152 Å². The lowest BCUT2D eigenvalue weighted by Gasteiger charge is -2.27. The SMILES string of the molecule is COc1ccc(CN2C(=O)N[C@@H](CCC(=O)N3CCOCC3)C2=O)cc1. The van der Waals surface area contributed by atoms with Crippen molar-refractivity contribution in [3.05, 3.63) is 29.8 Å². The van der Waals surface area contributed by atoms with Crippen molar-refractivity contribution in [2.75, 3.05) is 33.4 Å². The van der Waals surface area contributed by atoms with Gasteiger partial charge in [-0.25, -0.2) is 4.79 Å². The Bertz CT molecular complexity index is 670. The molecule has 0 radical (unpaired) electrons. The van der Waals surface area contributed by atoms with Crippen LogP contribution >= 0.6 is 0 Å². The van der Waals surface area contributed by atoms with Gasteiger partial charge in [0, 0.05) is 19.5 Å². The predicted octanol–water partition coefficient (Wildman–Crippen LogP) is 0.755. The molecule has 2 aliphatic heterocycles. The van der Waals surface area contributed by atoms with E-state index >= 15 is 0 Å². The topological polar surface area (TPSA) is 88.2 Å². The van der Waals surface area contributed by atoms with Gasteiger partial charge in [0.25, 0.3) is 5.91 Å². The van der Waals surface area contributed by atoms with Crippen molar-refractivity contribution in [1.82, 2.24) is 15.1 Å². The van der Waals surface area contributed by atoms with E-state index in [0.717, 1.165) is 5.56 Å². The van der Waals surface area contributed by atoms with Crippen LogP contribution in [0.15, 0.2) is 24.3 Å². The number of nitrogens with one attached hydrogen (secondary N) is 1. The van der Waals surface area contributed by atoms with Gasteiger partial charge in [-0.05, 0) is 24.1 Å². The first-order chi connectivity index (χ1) is 12.6. The molecule has 26 heavy (non-hydrogen) atoms. The summed E-state index contributed by atoms with van der Waals surface area (Å²) in [7, 11) is 1.58. The van der Waals surface area contributed by atoms with Gasteiger partial charge in [0.2, 0.25) is 5.91 Å². The van der Waals surface area contributed by atoms with Crippen LogP contribution in [0.5, 0.6) is 5.75 Å². The Hall–Kier alpha value is -2.61. The Balaban J connectivity index is 1.53. The van der Waals surface area contributed by atoms with Crippen molar-refractivity contribution in [1.29, 1.82) is 0 Å². The highest BCUT2D eigenvalue weighted by Crippen LogP contribution is 2.18. The molecule has 8 heteroatoms. The zero-order valence-electron chi connectivity index (χ0n) is 14.8. The highest BCUT2D eigenvalue weighted by Gasteiger charge is 2.38. The predicted molar refractivity (Wildman–Crippen MR) is 92.5 cm³/mol. The first-order valence-corrected chi connectivity index (χ1v) is 8.69. The third-order valence-electron chi connectivity index (χ3n) is 4.62. The number of methoxy groups -OCH3 is 1. The van der Waals surface area contributed by atoms with Gasteiger partial charge < -0.3 is 19.7 Å². The molecule has 8 nitrogen and oxygen atoms in total. The molecule has 1 N–H and O–H groups in total. The molecule has 0 aliphatic carbocycles. The molecule has 2 fully saturated rings. The molecule has 1 atom stereocenters. The molecule has 0 unspecified atom stereocenters. The monoisotopic (exact) mass is 361 g/mol. The molecular weight excluding hydrogens is 338 g/mol. The fourth-order valence-corrected chi connectivity index (χ4v) is 3.07. The number of carbonyl (C=O) groups excluding carboxylic acids is 3. The second-order valence-corrected chi connectivity index (χ2v) is 6.31. The van der Waals surface area contributed by atoms with Gasteiger partial charge >= 0.3 is 6.03 Å². The number of nitrogens with zero attached hydrogens (tertiary/aromatic N) is 2. The van der Waals surface area contributed by atoms with E-state index in [1.807, 2.05) is 12.1 Å². The Kier molecular flexibility index (Phi) is 5.72. The van der Waals surface area contributed by atoms with E-state index in [4.69, 9.17) is 9.47 Å². The molecular formula is C18H23N3O5. The highest BCUT2D eigenvalue weighted by molar-refractivity contribution is 6.04. The third-order valence-corrected chi connectivity index (χ3v) is 4.62. The van der Waals surface area contributed by atoms with E-state index in [-0.39, 0.29) is 24.8 Å². The number of rotatable bonds is 6. The summed E-state index contributed by atoms with van der Waals surface area (Å²) < 4.78 is 10.3. The lowest BCUT2D eigenvalue weighted by molar-refractivity contribution is -0.135. The van der Waals surface area contributed by atoms with Gasteiger partial charge in [0.1, 0.15) is 11.8 Å². The number of carbonyl (C=O) groups is 3. The molecule has 2 heterocycles. The maximum atomic E-state index is 12.5. The lowest BCUT2D eigenvalue weighted by atomic mass is 10.1. The van der Waals surface area contributed by atoms with E-state index in [1.165, 1.54) is 4.90 Å². The minimum atomic E-state index is -0.647. The summed E-state index contributed by atoms with van der Waals surface area (Å²) >= 11 is 0. The number of amides is 4. The molecule has 1 aromatic rings. The van der Waals surface area contributed by atoms with Crippen LogP contribution in [-0.4, -0.2) is 67.1 Å². The van der Waals surface area contributed by atoms with Crippen LogP contribution in [-0.2, 0) is 20.9 Å². The standard InChI is InChI=1S/C18H23N3O5/c1-25-14-4-2-13(3-5-14)12-21-17(23)15(19-18(21)24)6-7-16(22)20-8-10-26-11-9-20/h2-5,15H,6-12H2,1H3,(H,19,24)/t15-/m0/s1. The van der Waals surface area contributed by atoms with Crippen molar-refractivity contribution in [2.45, 2.75) is 25.4 Å². The van der Waals surface area contributed by atoms with Gasteiger partial charge in [-0.3, -0.25) is 14.5 Å². The largest absolute Gasteiger partial charge is 0.497 e. The van der Waals surface area contributed by atoms with Crippen molar-refractivity contribution < 1.29 is 23.9 Å². The quantitative estimate of drug-likeness (QED) is 0.756. The third kappa shape index (κ3) is 4.13. The molecule has 0 bridgehead atoms. The molecule has 1 aromatic carbocycles. The van der Waals surface area contributed by atoms with Crippen molar-refractivity contribution in [3.8, 4) is 5.75 Å². The molecule has 0 spiro atoms. The minimum Gasteiger partial charge on any atom is -0.497 e. The highest BCUT2D eigenvalue weighted by atomic mass is 16.5. The Morgan fingerprint density at radius 3 is 2.58 bits per heavy atom. The molecule has 2 saturated heterocycles. The van der Waals surface area contributed by atoms with Crippen molar-refractivity contribution in [2.24, 2.45) is 0 Å². The van der Waals surface area contributed by atoms with E-state index in [0.29, 0.717) is 38.5 Å². The van der Waals surface area contributed by atoms with Crippen LogP contribution in [0.25, 0.3) is 0 Å².